The van der Waals surface area contributed by atoms with Crippen molar-refractivity contribution in [1.82, 2.24) is 13.9 Å². The number of piperidine rings is 1. The maximum absolute atomic E-state index is 13.0. The van der Waals surface area contributed by atoms with E-state index >= 15 is 0 Å². The lowest BCUT2D eigenvalue weighted by atomic mass is 9.98. The Labute approximate surface area is 171 Å². The highest BCUT2D eigenvalue weighted by atomic mass is 32.2. The molecule has 0 aliphatic carbocycles. The summed E-state index contributed by atoms with van der Waals surface area (Å²) in [5.74, 6) is -0.0686. The van der Waals surface area contributed by atoms with E-state index in [0.717, 1.165) is 5.56 Å². The fraction of sp³-hybridized carbons (Fsp3) is 0.500. The molecule has 1 atom stereocenters. The Bertz CT molecular complexity index is 984. The number of imidazole rings is 1. The van der Waals surface area contributed by atoms with Gasteiger partial charge in [-0.15, -0.1) is 0 Å². The molecule has 1 amide bonds. The minimum absolute atomic E-state index is 0.0209. The van der Waals surface area contributed by atoms with Crippen molar-refractivity contribution in [2.75, 3.05) is 25.5 Å². The van der Waals surface area contributed by atoms with E-state index in [9.17, 15) is 13.2 Å². The highest BCUT2D eigenvalue weighted by molar-refractivity contribution is 7.89. The van der Waals surface area contributed by atoms with Gasteiger partial charge in [0.25, 0.3) is 10.0 Å². The van der Waals surface area contributed by atoms with Crippen LogP contribution in [0, 0.1) is 12.8 Å². The summed E-state index contributed by atoms with van der Waals surface area (Å²) in [6, 6.07) is 5.66. The molecule has 1 aliphatic rings. The van der Waals surface area contributed by atoms with Crippen LogP contribution >= 0.6 is 0 Å². The van der Waals surface area contributed by atoms with E-state index < -0.39 is 15.9 Å². The summed E-state index contributed by atoms with van der Waals surface area (Å²) in [5.41, 5.74) is 1.59. The molecular formula is C20H28N4O4S. The van der Waals surface area contributed by atoms with Crippen molar-refractivity contribution in [3.8, 4) is 5.75 Å². The normalized spacial score (nSPS) is 18.0. The second kappa shape index (κ2) is 8.54. The molecule has 2 heterocycles. The van der Waals surface area contributed by atoms with Gasteiger partial charge in [-0.05, 0) is 51.3 Å². The molecule has 1 fully saturated rings. The Morgan fingerprint density at radius 1 is 1.34 bits per heavy atom. The van der Waals surface area contributed by atoms with Crippen LogP contribution in [-0.2, 0) is 14.8 Å². The maximum Gasteiger partial charge on any atom is 0.262 e. The molecule has 9 heteroatoms. The van der Waals surface area contributed by atoms with Gasteiger partial charge in [0.1, 0.15) is 5.75 Å². The number of hydrogen-bond donors (Lipinski definition) is 1. The third-order valence-corrected chi connectivity index (χ3v) is 6.90. The van der Waals surface area contributed by atoms with Crippen molar-refractivity contribution in [2.24, 2.45) is 5.92 Å². The number of aryl methyl sites for hydroxylation is 1. The summed E-state index contributed by atoms with van der Waals surface area (Å²) < 4.78 is 34.4. The Balaban J connectivity index is 1.74. The molecule has 0 spiro atoms. The fourth-order valence-corrected chi connectivity index (χ4v) is 4.84. The number of anilines is 1. The van der Waals surface area contributed by atoms with Crippen LogP contribution in [-0.4, -0.2) is 48.4 Å². The lowest BCUT2D eigenvalue weighted by Gasteiger charge is -2.30. The lowest BCUT2D eigenvalue weighted by molar-refractivity contribution is -0.120. The molecule has 1 N–H and O–H groups in total. The van der Waals surface area contributed by atoms with Crippen molar-refractivity contribution >= 4 is 21.6 Å². The number of hydrogen-bond acceptors (Lipinski definition) is 5. The van der Waals surface area contributed by atoms with Crippen LogP contribution in [0.3, 0.4) is 0 Å². The minimum Gasteiger partial charge on any atom is -0.495 e. The van der Waals surface area contributed by atoms with E-state index in [2.05, 4.69) is 10.3 Å². The van der Waals surface area contributed by atoms with Crippen LogP contribution in [0.25, 0.3) is 0 Å². The predicted octanol–water partition coefficient (Wildman–Crippen LogP) is 2.82. The van der Waals surface area contributed by atoms with Gasteiger partial charge in [0.05, 0.1) is 25.0 Å². The van der Waals surface area contributed by atoms with E-state index in [1.54, 1.807) is 23.9 Å². The number of nitrogens with one attached hydrogen (secondary N) is 1. The van der Waals surface area contributed by atoms with Crippen LogP contribution in [0.2, 0.25) is 0 Å². The molecule has 0 saturated carbocycles. The number of ether oxygens (including phenoxy) is 1. The first-order valence-electron chi connectivity index (χ1n) is 9.71. The zero-order valence-corrected chi connectivity index (χ0v) is 18.1. The number of nitrogens with zero attached hydrogens (tertiary/aromatic N) is 3. The molecule has 1 aliphatic heterocycles. The average Bonchev–Trinajstić information content (AvgIpc) is 3.20. The monoisotopic (exact) mass is 420 g/mol. The third kappa shape index (κ3) is 4.62. The molecule has 29 heavy (non-hydrogen) atoms. The Morgan fingerprint density at radius 2 is 2.10 bits per heavy atom. The zero-order chi connectivity index (χ0) is 21.2. The molecule has 158 valence electrons. The Hall–Kier alpha value is -2.39. The number of benzene rings is 1. The van der Waals surface area contributed by atoms with Crippen LogP contribution < -0.4 is 10.1 Å². The SMILES string of the molecule is COc1ccc(C)cc1NC(=O)C1CCCN(S(=O)(=O)c2cn(C(C)C)cn2)C1. The first-order valence-corrected chi connectivity index (χ1v) is 11.2. The van der Waals surface area contributed by atoms with Gasteiger partial charge in [-0.1, -0.05) is 6.07 Å². The van der Waals surface area contributed by atoms with Crippen molar-refractivity contribution in [3.05, 3.63) is 36.3 Å². The minimum atomic E-state index is -3.74. The highest BCUT2D eigenvalue weighted by Gasteiger charge is 2.34. The van der Waals surface area contributed by atoms with Crippen molar-refractivity contribution in [2.45, 2.75) is 44.7 Å². The Kier molecular flexibility index (Phi) is 6.28. The zero-order valence-electron chi connectivity index (χ0n) is 17.3. The second-order valence-corrected chi connectivity index (χ2v) is 9.53. The quantitative estimate of drug-likeness (QED) is 0.776. The van der Waals surface area contributed by atoms with Crippen molar-refractivity contribution in [3.63, 3.8) is 0 Å². The van der Waals surface area contributed by atoms with Gasteiger partial charge >= 0.3 is 0 Å². The number of aromatic nitrogens is 2. The maximum atomic E-state index is 13.0. The van der Waals surface area contributed by atoms with E-state index in [1.165, 1.54) is 10.6 Å². The van der Waals surface area contributed by atoms with E-state index in [1.807, 2.05) is 32.9 Å². The average molecular weight is 421 g/mol. The summed E-state index contributed by atoms with van der Waals surface area (Å²) in [4.78, 5) is 16.9. The van der Waals surface area contributed by atoms with Gasteiger partial charge in [0, 0.05) is 25.3 Å². The summed E-state index contributed by atoms with van der Waals surface area (Å²) in [7, 11) is -2.19. The molecular weight excluding hydrogens is 392 g/mol. The van der Waals surface area contributed by atoms with E-state index in [-0.39, 0.29) is 23.5 Å². The van der Waals surface area contributed by atoms with Crippen LogP contribution in [0.1, 0.15) is 38.3 Å². The van der Waals surface area contributed by atoms with Gasteiger partial charge in [-0.25, -0.2) is 13.4 Å². The molecule has 8 nitrogen and oxygen atoms in total. The summed E-state index contributed by atoms with van der Waals surface area (Å²) in [6.45, 7) is 6.36. The van der Waals surface area contributed by atoms with E-state index in [0.29, 0.717) is 30.8 Å². The summed E-state index contributed by atoms with van der Waals surface area (Å²) >= 11 is 0. The number of rotatable bonds is 6. The second-order valence-electron chi connectivity index (χ2n) is 7.65. The van der Waals surface area contributed by atoms with Gasteiger partial charge < -0.3 is 14.6 Å². The molecule has 1 aromatic carbocycles. The molecule has 1 saturated heterocycles. The molecule has 0 radical (unpaired) electrons. The van der Waals surface area contributed by atoms with Gasteiger partial charge in [-0.3, -0.25) is 4.79 Å². The highest BCUT2D eigenvalue weighted by Crippen LogP contribution is 2.28. The predicted molar refractivity (Wildman–Crippen MR) is 110 cm³/mol. The number of amides is 1. The van der Waals surface area contributed by atoms with Crippen molar-refractivity contribution in [1.29, 1.82) is 0 Å². The molecule has 3 rings (SSSR count). The smallest absolute Gasteiger partial charge is 0.262 e. The molecule has 0 bridgehead atoms. The Morgan fingerprint density at radius 3 is 2.76 bits per heavy atom. The lowest BCUT2D eigenvalue weighted by Crippen LogP contribution is -2.43. The van der Waals surface area contributed by atoms with Crippen LogP contribution in [0.4, 0.5) is 5.69 Å². The summed E-state index contributed by atoms with van der Waals surface area (Å²) in [5, 5.41) is 2.92. The molecule has 2 aromatic rings. The van der Waals surface area contributed by atoms with Crippen molar-refractivity contribution < 1.29 is 17.9 Å². The van der Waals surface area contributed by atoms with Crippen LogP contribution in [0.5, 0.6) is 5.75 Å². The third-order valence-electron chi connectivity index (χ3n) is 5.15. The first-order chi connectivity index (χ1) is 13.7. The largest absolute Gasteiger partial charge is 0.495 e. The first kappa shape index (κ1) is 21.3. The van der Waals surface area contributed by atoms with Gasteiger partial charge in [0.15, 0.2) is 5.03 Å². The van der Waals surface area contributed by atoms with Crippen LogP contribution in [0.15, 0.2) is 35.7 Å². The number of carbonyl (C=O) groups excluding carboxylic acids is 1. The van der Waals surface area contributed by atoms with E-state index in [4.69, 9.17) is 4.74 Å². The number of carbonyl (C=O) groups is 1. The number of sulfonamides is 1. The topological polar surface area (TPSA) is 93.5 Å². The summed E-state index contributed by atoms with van der Waals surface area (Å²) in [6.07, 6.45) is 4.32. The van der Waals surface area contributed by atoms with Gasteiger partial charge in [0.2, 0.25) is 5.91 Å². The molecule has 1 unspecified atom stereocenters. The van der Waals surface area contributed by atoms with Gasteiger partial charge in [-0.2, -0.15) is 4.31 Å². The number of methoxy groups -OCH3 is 1. The molecule has 1 aromatic heterocycles. The standard InChI is InChI=1S/C20H28N4O4S/c1-14(2)23-12-19(21-13-23)29(26,27)24-9-5-6-16(11-24)20(25)22-17-10-15(3)7-8-18(17)28-4/h7-8,10,12-14,16H,5-6,9,11H2,1-4H3,(H,22,25). The fourth-order valence-electron chi connectivity index (χ4n) is 3.39.